The zero-order chi connectivity index (χ0) is 22.2. The van der Waals surface area contributed by atoms with Crippen LogP contribution in [0.15, 0.2) is 48.5 Å². The van der Waals surface area contributed by atoms with Crippen molar-refractivity contribution in [2.75, 3.05) is 0 Å². The van der Waals surface area contributed by atoms with Gasteiger partial charge in [0.2, 0.25) is 0 Å². The molecular formula is C21H21ClFN5O3. The standard InChI is InChI=1S/C21H21ClFN5O3/c1-2-18(24-21(30)31-13-14-7-4-3-5-8-14)19(29)12-28-26-20(25-27-28)11-15-16(22)9-6-10-17(15)23/h3-10,18H,2,11-13H2,1H3,(H,24,30). The van der Waals surface area contributed by atoms with Gasteiger partial charge in [0.15, 0.2) is 11.6 Å². The molecule has 3 aromatic rings. The monoisotopic (exact) mass is 445 g/mol. The number of Topliss-reactive ketones (excluding diaryl/α,β-unsaturated/α-hetero) is 1. The van der Waals surface area contributed by atoms with Crippen LogP contribution < -0.4 is 5.32 Å². The molecule has 0 spiro atoms. The molecule has 162 valence electrons. The number of ether oxygens (including phenoxy) is 1. The largest absolute Gasteiger partial charge is 0.445 e. The van der Waals surface area contributed by atoms with Crippen LogP contribution in [0.2, 0.25) is 5.02 Å². The maximum absolute atomic E-state index is 13.9. The zero-order valence-corrected chi connectivity index (χ0v) is 17.6. The van der Waals surface area contributed by atoms with Gasteiger partial charge in [-0.2, -0.15) is 4.80 Å². The van der Waals surface area contributed by atoms with Crippen LogP contribution >= 0.6 is 11.6 Å². The molecule has 1 N–H and O–H groups in total. The van der Waals surface area contributed by atoms with Crippen molar-refractivity contribution >= 4 is 23.5 Å². The fourth-order valence-corrected chi connectivity index (χ4v) is 3.07. The Labute approximate surface area is 183 Å². The number of hydrogen-bond acceptors (Lipinski definition) is 6. The van der Waals surface area contributed by atoms with Crippen molar-refractivity contribution in [1.29, 1.82) is 0 Å². The highest BCUT2D eigenvalue weighted by atomic mass is 35.5. The Morgan fingerprint density at radius 1 is 1.19 bits per heavy atom. The van der Waals surface area contributed by atoms with E-state index < -0.39 is 18.0 Å². The summed E-state index contributed by atoms with van der Waals surface area (Å²) < 4.78 is 19.1. The minimum atomic E-state index is -0.765. The average molecular weight is 446 g/mol. The van der Waals surface area contributed by atoms with Crippen LogP contribution in [0.4, 0.5) is 9.18 Å². The molecular weight excluding hydrogens is 425 g/mol. The summed E-state index contributed by atoms with van der Waals surface area (Å²) in [6.45, 7) is 1.67. The maximum Gasteiger partial charge on any atom is 0.408 e. The SMILES string of the molecule is CCC(NC(=O)OCc1ccccc1)C(=O)Cn1nnc(Cc2c(F)cccc2Cl)n1. The molecule has 2 aromatic carbocycles. The van der Waals surface area contributed by atoms with Crippen LogP contribution in [0.5, 0.6) is 0 Å². The Hall–Kier alpha value is -3.33. The molecule has 0 aliphatic carbocycles. The third kappa shape index (κ3) is 6.32. The van der Waals surface area contributed by atoms with Crippen molar-refractivity contribution in [3.63, 3.8) is 0 Å². The summed E-state index contributed by atoms with van der Waals surface area (Å²) in [5, 5.41) is 14.6. The molecule has 8 nitrogen and oxygen atoms in total. The number of nitrogens with zero attached hydrogens (tertiary/aromatic N) is 4. The van der Waals surface area contributed by atoms with Crippen molar-refractivity contribution < 1.29 is 18.7 Å². The molecule has 3 rings (SSSR count). The molecule has 31 heavy (non-hydrogen) atoms. The highest BCUT2D eigenvalue weighted by Gasteiger charge is 2.21. The van der Waals surface area contributed by atoms with Crippen LogP contribution in [0, 0.1) is 5.82 Å². The first-order valence-electron chi connectivity index (χ1n) is 9.65. The summed E-state index contributed by atoms with van der Waals surface area (Å²) in [5.74, 6) is -0.556. The summed E-state index contributed by atoms with van der Waals surface area (Å²) in [6.07, 6.45) is -0.280. The van der Waals surface area contributed by atoms with Gasteiger partial charge in [-0.15, -0.1) is 10.2 Å². The number of alkyl carbamates (subject to hydrolysis) is 1. The first-order chi connectivity index (χ1) is 15.0. The van der Waals surface area contributed by atoms with Crippen LogP contribution in [0.25, 0.3) is 0 Å². The fraction of sp³-hybridized carbons (Fsp3) is 0.286. The molecule has 0 saturated heterocycles. The van der Waals surface area contributed by atoms with E-state index in [0.717, 1.165) is 10.4 Å². The number of rotatable bonds is 9. The first kappa shape index (κ1) is 22.4. The second-order valence-electron chi connectivity index (χ2n) is 6.75. The van der Waals surface area contributed by atoms with Crippen LogP contribution in [0.1, 0.15) is 30.3 Å². The van der Waals surface area contributed by atoms with E-state index in [-0.39, 0.29) is 41.8 Å². The Balaban J connectivity index is 1.54. The van der Waals surface area contributed by atoms with Gasteiger partial charge in [-0.25, -0.2) is 9.18 Å². The number of aromatic nitrogens is 4. The normalized spacial score (nSPS) is 11.7. The van der Waals surface area contributed by atoms with Crippen molar-refractivity contribution in [1.82, 2.24) is 25.5 Å². The minimum Gasteiger partial charge on any atom is -0.445 e. The van der Waals surface area contributed by atoms with E-state index in [1.54, 1.807) is 13.0 Å². The van der Waals surface area contributed by atoms with E-state index in [1.165, 1.54) is 12.1 Å². The second kappa shape index (κ2) is 10.6. The average Bonchev–Trinajstić information content (AvgIpc) is 3.20. The topological polar surface area (TPSA) is 99.0 Å². The van der Waals surface area contributed by atoms with Gasteiger partial charge in [0.25, 0.3) is 0 Å². The molecule has 0 fully saturated rings. The van der Waals surface area contributed by atoms with E-state index >= 15 is 0 Å². The molecule has 1 amide bonds. The zero-order valence-electron chi connectivity index (χ0n) is 16.8. The smallest absolute Gasteiger partial charge is 0.408 e. The van der Waals surface area contributed by atoms with E-state index in [0.29, 0.717) is 6.42 Å². The van der Waals surface area contributed by atoms with Crippen molar-refractivity contribution in [2.24, 2.45) is 0 Å². The number of carbonyl (C=O) groups is 2. The van der Waals surface area contributed by atoms with Crippen molar-refractivity contribution in [3.8, 4) is 0 Å². The van der Waals surface area contributed by atoms with Crippen LogP contribution in [-0.2, 0) is 29.1 Å². The number of benzene rings is 2. The lowest BCUT2D eigenvalue weighted by atomic mass is 10.1. The van der Waals surface area contributed by atoms with Crippen LogP contribution in [0.3, 0.4) is 0 Å². The van der Waals surface area contributed by atoms with Gasteiger partial charge in [-0.3, -0.25) is 4.79 Å². The fourth-order valence-electron chi connectivity index (χ4n) is 2.84. The van der Waals surface area contributed by atoms with Gasteiger partial charge in [-0.1, -0.05) is 54.9 Å². The number of halogens is 2. The third-order valence-electron chi connectivity index (χ3n) is 4.49. The van der Waals surface area contributed by atoms with E-state index in [4.69, 9.17) is 16.3 Å². The molecule has 10 heteroatoms. The van der Waals surface area contributed by atoms with E-state index in [9.17, 15) is 14.0 Å². The molecule has 0 aliphatic heterocycles. The summed E-state index contributed by atoms with van der Waals surface area (Å²) in [6, 6.07) is 12.8. The van der Waals surface area contributed by atoms with Crippen molar-refractivity contribution in [2.45, 2.75) is 39.0 Å². The molecule has 1 unspecified atom stereocenters. The number of ketones is 1. The van der Waals surface area contributed by atoms with Gasteiger partial charge >= 0.3 is 6.09 Å². The molecule has 0 radical (unpaired) electrons. The van der Waals surface area contributed by atoms with Gasteiger partial charge in [0.05, 0.1) is 6.04 Å². The number of amides is 1. The maximum atomic E-state index is 13.9. The number of hydrogen-bond donors (Lipinski definition) is 1. The summed E-state index contributed by atoms with van der Waals surface area (Å²) in [5.41, 5.74) is 1.09. The van der Waals surface area contributed by atoms with Gasteiger partial charge in [-0.05, 0) is 29.3 Å². The van der Waals surface area contributed by atoms with Crippen molar-refractivity contribution in [3.05, 3.63) is 76.3 Å². The Morgan fingerprint density at radius 2 is 1.97 bits per heavy atom. The van der Waals surface area contributed by atoms with E-state index in [2.05, 4.69) is 20.7 Å². The molecule has 1 atom stereocenters. The third-order valence-corrected chi connectivity index (χ3v) is 4.84. The van der Waals surface area contributed by atoms with E-state index in [1.807, 2.05) is 30.3 Å². The lowest BCUT2D eigenvalue weighted by molar-refractivity contribution is -0.122. The number of carbonyl (C=O) groups excluding carboxylic acids is 2. The minimum absolute atomic E-state index is 0.0426. The Morgan fingerprint density at radius 3 is 2.68 bits per heavy atom. The predicted octanol–water partition coefficient (Wildman–Crippen LogP) is 3.33. The summed E-state index contributed by atoms with van der Waals surface area (Å²) in [7, 11) is 0. The molecule has 1 heterocycles. The second-order valence-corrected chi connectivity index (χ2v) is 7.15. The van der Waals surface area contributed by atoms with Crippen LogP contribution in [-0.4, -0.2) is 38.1 Å². The highest BCUT2D eigenvalue weighted by molar-refractivity contribution is 6.31. The molecule has 1 aromatic heterocycles. The first-order valence-corrected chi connectivity index (χ1v) is 10.0. The predicted molar refractivity (Wildman–Crippen MR) is 111 cm³/mol. The lowest BCUT2D eigenvalue weighted by Gasteiger charge is -2.15. The summed E-state index contributed by atoms with van der Waals surface area (Å²) in [4.78, 5) is 25.7. The lowest BCUT2D eigenvalue weighted by Crippen LogP contribution is -2.42. The Kier molecular flexibility index (Phi) is 7.66. The van der Waals surface area contributed by atoms with Gasteiger partial charge < -0.3 is 10.1 Å². The number of tetrazole rings is 1. The molecule has 0 bridgehead atoms. The number of nitrogens with one attached hydrogen (secondary N) is 1. The van der Waals surface area contributed by atoms with Gasteiger partial charge in [0.1, 0.15) is 19.0 Å². The van der Waals surface area contributed by atoms with Gasteiger partial charge in [0, 0.05) is 17.0 Å². The Bertz CT molecular complexity index is 1020. The molecule has 0 saturated carbocycles. The quantitative estimate of drug-likeness (QED) is 0.542. The summed E-state index contributed by atoms with van der Waals surface area (Å²) >= 11 is 6.02. The molecule has 0 aliphatic rings. The highest BCUT2D eigenvalue weighted by Crippen LogP contribution is 2.20.